The number of carbonyl (C=O) groups is 11. The first-order valence-corrected chi connectivity index (χ1v) is 34.4. The molecule has 2 aromatic rings. The number of nitrogens with one attached hydrogen (secondary N) is 5. The summed E-state index contributed by atoms with van der Waals surface area (Å²) in [6.45, 7) is 26.9. The van der Waals surface area contributed by atoms with Gasteiger partial charge in [-0.3, -0.25) is 57.3 Å². The van der Waals surface area contributed by atoms with Gasteiger partial charge in [-0.15, -0.1) is 0 Å². The number of fused-ring (bicyclic) bond motifs is 1. The summed E-state index contributed by atoms with van der Waals surface area (Å²) in [6.07, 6.45) is -1.50. The lowest BCUT2D eigenvalue weighted by atomic mass is 9.91. The zero-order valence-corrected chi connectivity index (χ0v) is 61.1. The van der Waals surface area contributed by atoms with E-state index >= 15 is 19.2 Å². The second-order valence-electron chi connectivity index (χ2n) is 28.3. The lowest BCUT2D eigenvalue weighted by molar-refractivity contribution is -0.157. The van der Waals surface area contributed by atoms with Crippen LogP contribution in [0.1, 0.15) is 149 Å². The van der Waals surface area contributed by atoms with Gasteiger partial charge in [0.2, 0.25) is 65.0 Å². The minimum Gasteiger partial charge on any atom is -0.390 e. The van der Waals surface area contributed by atoms with Crippen LogP contribution < -0.4 is 21.3 Å². The fraction of sp³-hybridized carbons (Fsp3) is 0.727. The minimum absolute atomic E-state index is 0.0684. The molecule has 0 radical (unpaired) electrons. The molecule has 1 aliphatic heterocycles. The Balaban J connectivity index is 2.34. The molecule has 1 fully saturated rings. The van der Waals surface area contributed by atoms with E-state index in [0.29, 0.717) is 5.52 Å². The first kappa shape index (κ1) is 82.0. The van der Waals surface area contributed by atoms with E-state index < -0.39 is 171 Å². The van der Waals surface area contributed by atoms with Crippen LogP contribution in [-0.2, 0) is 69.3 Å². The maximum atomic E-state index is 15.4. The zero-order chi connectivity index (χ0) is 72.9. The summed E-state index contributed by atoms with van der Waals surface area (Å²) in [7, 11) is 5.02. The Morgan fingerprint density at radius 3 is 1.45 bits per heavy atom. The number of amides is 11. The highest BCUT2D eigenvalue weighted by Gasteiger charge is 2.46. The summed E-state index contributed by atoms with van der Waals surface area (Å²) >= 11 is 0. The second-order valence-corrected chi connectivity index (χ2v) is 29.8. The Hall–Kier alpha value is -7.27. The molecule has 0 saturated carbocycles. The van der Waals surface area contributed by atoms with E-state index in [1.54, 1.807) is 41.5 Å². The molecule has 3 rings (SSSR count). The van der Waals surface area contributed by atoms with E-state index in [2.05, 4.69) is 31.2 Å². The number of rotatable bonds is 16. The van der Waals surface area contributed by atoms with Crippen molar-refractivity contribution in [1.82, 2.24) is 65.5 Å². The van der Waals surface area contributed by atoms with Gasteiger partial charge in [-0.25, -0.2) is 4.98 Å². The van der Waals surface area contributed by atoms with Gasteiger partial charge in [0.15, 0.2) is 0 Å². The molecule has 1 aromatic carbocycles. The van der Waals surface area contributed by atoms with Gasteiger partial charge in [0.05, 0.1) is 28.6 Å². The highest BCUT2D eigenvalue weighted by molar-refractivity contribution is 7.85. The van der Waals surface area contributed by atoms with Crippen LogP contribution in [0.15, 0.2) is 23.1 Å². The van der Waals surface area contributed by atoms with Gasteiger partial charge in [-0.1, -0.05) is 96.9 Å². The van der Waals surface area contributed by atoms with Crippen LogP contribution in [0.5, 0.6) is 0 Å². The number of imidazole rings is 1. The van der Waals surface area contributed by atoms with Crippen LogP contribution in [0.4, 0.5) is 0 Å². The van der Waals surface area contributed by atoms with E-state index in [1.165, 1.54) is 99.8 Å². The van der Waals surface area contributed by atoms with Crippen molar-refractivity contribution in [2.45, 2.75) is 221 Å². The number of benzene rings is 1. The van der Waals surface area contributed by atoms with Crippen LogP contribution in [0.3, 0.4) is 0 Å². The monoisotopic (exact) mass is 1360 g/mol. The first-order chi connectivity index (χ1) is 43.8. The molecule has 536 valence electrons. The molecule has 12 atom stereocenters. The Labute approximate surface area is 562 Å². The predicted molar refractivity (Wildman–Crippen MR) is 359 cm³/mol. The van der Waals surface area contributed by atoms with Crippen molar-refractivity contribution in [2.24, 2.45) is 41.4 Å². The van der Waals surface area contributed by atoms with Crippen molar-refractivity contribution < 1.29 is 70.8 Å². The lowest BCUT2D eigenvalue weighted by Crippen LogP contribution is -2.63. The van der Waals surface area contributed by atoms with Crippen LogP contribution in [0.2, 0.25) is 0 Å². The number of aliphatic hydroxyl groups excluding tert-OH is 1. The molecule has 1 aliphatic rings. The molecule has 28 nitrogen and oxygen atoms in total. The van der Waals surface area contributed by atoms with Crippen molar-refractivity contribution >= 4 is 86.1 Å². The van der Waals surface area contributed by atoms with E-state index in [4.69, 9.17) is 0 Å². The van der Waals surface area contributed by atoms with E-state index in [1.807, 2.05) is 55.4 Å². The molecular formula is C66H111N13O15S. The Morgan fingerprint density at radius 2 is 0.968 bits per heavy atom. The molecule has 0 bridgehead atoms. The Morgan fingerprint density at radius 1 is 0.516 bits per heavy atom. The summed E-state index contributed by atoms with van der Waals surface area (Å²) in [5.74, 6) is -10.8. The Kier molecular flexibility index (Phi) is 30.3. The quantitative estimate of drug-likeness (QED) is 0.119. The molecule has 11 amide bonds. The summed E-state index contributed by atoms with van der Waals surface area (Å²) in [5.41, 5.74) is 0.534. The highest BCUT2D eigenvalue weighted by Crippen LogP contribution is 2.27. The van der Waals surface area contributed by atoms with Gasteiger partial charge in [0, 0.05) is 55.8 Å². The molecule has 1 aromatic heterocycles. The van der Waals surface area contributed by atoms with Crippen molar-refractivity contribution in [1.29, 1.82) is 0 Å². The fourth-order valence-electron chi connectivity index (χ4n) is 11.9. The number of nitrogens with zero attached hydrogens (tertiary/aromatic N) is 8. The van der Waals surface area contributed by atoms with Gasteiger partial charge in [0.25, 0.3) is 10.1 Å². The molecule has 0 spiro atoms. The largest absolute Gasteiger partial charge is 0.390 e. The topological polar surface area (TPSA) is 362 Å². The maximum Gasteiger partial charge on any atom is 0.294 e. The van der Waals surface area contributed by atoms with Crippen LogP contribution in [0, 0.1) is 41.4 Å². The molecule has 29 heteroatoms. The summed E-state index contributed by atoms with van der Waals surface area (Å²) in [6, 6.07) is -9.40. The maximum absolute atomic E-state index is 15.4. The first-order valence-electron chi connectivity index (χ1n) is 33.0. The molecular weight excluding hydrogens is 1250 g/mol. The Bertz CT molecular complexity index is 3170. The van der Waals surface area contributed by atoms with E-state index in [9.17, 15) is 51.6 Å². The lowest BCUT2D eigenvalue weighted by Gasteiger charge is -2.41. The fourth-order valence-corrected chi connectivity index (χ4v) is 12.4. The number of aliphatic hydroxyl groups is 1. The number of aromatic amines is 1. The number of H-pyrrole nitrogens is 1. The summed E-state index contributed by atoms with van der Waals surface area (Å²) < 4.78 is 33.7. The molecule has 0 unspecified atom stereocenters. The number of hydrogen-bond acceptors (Lipinski definition) is 15. The SMILES string of the molecule is CC[C@@H]1NC(=O)[C@H]([C@H](O)[C@H](C)Cc2nc3ccc(S(=O)(=O)O)cc3[nH]2)N(C)C(=O)[C@H](C(C)C)N(C)C(=O)[C@H](CC(C)C)N(C)C(=O)[C@H](CC(C)C)N(C)C(=O)[C@@H](C)NC(=O)[C@H](C)NC(=O)[C@H](CC(C)C)N(C)C(=O)[C@H](C(C)C)NC(=O)[C@H](CC(C)C)N(C)C(=O)CN(C)C1=O. The minimum atomic E-state index is -4.60. The molecule has 1 saturated heterocycles. The second kappa shape index (κ2) is 35.1. The van der Waals surface area contributed by atoms with Crippen LogP contribution in [0.25, 0.3) is 11.0 Å². The number of aromatic nitrogens is 2. The van der Waals surface area contributed by atoms with Crippen molar-refractivity contribution in [2.75, 3.05) is 55.9 Å². The van der Waals surface area contributed by atoms with Crippen LogP contribution in [-0.4, -0.2) is 250 Å². The smallest absolute Gasteiger partial charge is 0.294 e. The average Bonchev–Trinajstić information content (AvgIpc) is 1.63. The molecule has 7 N–H and O–H groups in total. The van der Waals surface area contributed by atoms with Gasteiger partial charge in [-0.2, -0.15) is 8.42 Å². The summed E-state index contributed by atoms with van der Waals surface area (Å²) in [4.78, 5) is 177. The van der Waals surface area contributed by atoms with Gasteiger partial charge < -0.3 is 65.7 Å². The molecule has 0 aliphatic carbocycles. The zero-order valence-electron chi connectivity index (χ0n) is 60.3. The third-order valence-corrected chi connectivity index (χ3v) is 18.5. The predicted octanol–water partition coefficient (Wildman–Crippen LogP) is 2.67. The number of carbonyl (C=O) groups excluding carboxylic acids is 11. The van der Waals surface area contributed by atoms with Crippen molar-refractivity contribution in [3.8, 4) is 0 Å². The van der Waals surface area contributed by atoms with Crippen molar-refractivity contribution in [3.63, 3.8) is 0 Å². The standard InChI is InChI=1S/C66H111N13O15S/c1-24-44-62(87)73(17)33-52(80)74(18)47(27-34(2)3)59(84)72-53(38(10)11)65(90)75(19)48(28-35(4)5)58(83)67-41(15)57(82)68-42(16)61(86)76(20)49(29-36(6)7)63(88)77(21)50(30-37(8)9)64(89)78(22)54(39(12)13)66(91)79(23)55(60(85)71-44)56(81)40(14)31-51-69-45-26-25-43(95(92,93)94)32-46(45)70-51/h25-26,32,34-42,44,47-50,53-56,81H,24,27-31,33H2,1-23H3,(H,67,83)(H,68,82)(H,69,70)(H,71,85)(H,72,84)(H,92,93,94)/t40-,41+,42-,44+,47+,48+,49+,50+,53+,54+,55+,56-/m1/s1. The van der Waals surface area contributed by atoms with Gasteiger partial charge in [0.1, 0.15) is 66.2 Å². The third-order valence-electron chi connectivity index (χ3n) is 17.6. The number of likely N-dealkylation sites (N-methyl/N-ethyl adjacent to an activating group) is 7. The molecule has 95 heavy (non-hydrogen) atoms. The third kappa shape index (κ3) is 21.6. The van der Waals surface area contributed by atoms with Crippen LogP contribution >= 0.6 is 0 Å². The average molecular weight is 1360 g/mol. The van der Waals surface area contributed by atoms with Gasteiger partial charge >= 0.3 is 0 Å². The van der Waals surface area contributed by atoms with E-state index in [0.717, 1.165) is 15.9 Å². The number of hydrogen-bond donors (Lipinski definition) is 7. The van der Waals surface area contributed by atoms with Gasteiger partial charge in [-0.05, 0) is 106 Å². The normalized spacial score (nSPS) is 25.5. The summed E-state index contributed by atoms with van der Waals surface area (Å²) in [5, 5.41) is 23.4. The molecule has 2 heterocycles. The van der Waals surface area contributed by atoms with E-state index in [-0.39, 0.29) is 73.5 Å². The van der Waals surface area contributed by atoms with Crippen molar-refractivity contribution in [3.05, 3.63) is 24.0 Å². The highest BCUT2D eigenvalue weighted by atomic mass is 32.2.